The molecule has 0 saturated carbocycles. The lowest BCUT2D eigenvalue weighted by Crippen LogP contribution is -2.48. The largest absolute Gasteiger partial charge is 0.491 e. The van der Waals surface area contributed by atoms with Crippen LogP contribution in [0.2, 0.25) is 0 Å². The van der Waals surface area contributed by atoms with Crippen molar-refractivity contribution in [3.63, 3.8) is 0 Å². The molecular weight excluding hydrogens is 364 g/mol. The number of nitrogens with zero attached hydrogens (tertiary/aromatic N) is 4. The highest BCUT2D eigenvalue weighted by molar-refractivity contribution is 5.94. The quantitative estimate of drug-likeness (QED) is 0.795. The maximum Gasteiger partial charge on any atom is 0.253 e. The summed E-state index contributed by atoms with van der Waals surface area (Å²) in [5.41, 5.74) is 3.06. The molecule has 2 aliphatic rings. The van der Waals surface area contributed by atoms with Gasteiger partial charge in [-0.1, -0.05) is 0 Å². The summed E-state index contributed by atoms with van der Waals surface area (Å²) in [7, 11) is 3.93. The van der Waals surface area contributed by atoms with E-state index >= 15 is 0 Å². The number of aryl methyl sites for hydroxylation is 1. The van der Waals surface area contributed by atoms with E-state index in [0.717, 1.165) is 56.2 Å². The first-order valence-corrected chi connectivity index (χ1v) is 10.5. The smallest absolute Gasteiger partial charge is 0.253 e. The van der Waals surface area contributed by atoms with Crippen molar-refractivity contribution < 1.29 is 9.53 Å². The molecule has 154 valence electrons. The van der Waals surface area contributed by atoms with Crippen LogP contribution in [-0.4, -0.2) is 54.1 Å². The SMILES string of the molecule is CC(C)Oc1ccc(C(=O)N2CCCC3(CCc4cnc(N(C)C)nc43)C2)cc1. The van der Waals surface area contributed by atoms with E-state index in [2.05, 4.69) is 4.98 Å². The van der Waals surface area contributed by atoms with Crippen molar-refractivity contribution in [2.24, 2.45) is 0 Å². The zero-order valence-electron chi connectivity index (χ0n) is 17.8. The topological polar surface area (TPSA) is 58.6 Å². The standard InChI is InChI=1S/C23H30N4O2/c1-16(2)29-19-8-6-17(7-9-19)21(28)27-13-5-11-23(15-27)12-10-18-14-24-22(26(3)4)25-20(18)23/h6-9,14,16H,5,10-13,15H2,1-4H3. The van der Waals surface area contributed by atoms with Gasteiger partial charge in [0.15, 0.2) is 0 Å². The van der Waals surface area contributed by atoms with Crippen LogP contribution in [0.1, 0.15) is 54.7 Å². The Kier molecular flexibility index (Phi) is 5.19. The third-order valence-corrected chi connectivity index (χ3v) is 5.96. The molecule has 1 saturated heterocycles. The van der Waals surface area contributed by atoms with Crippen molar-refractivity contribution in [3.8, 4) is 5.75 Å². The van der Waals surface area contributed by atoms with Gasteiger partial charge in [-0.2, -0.15) is 0 Å². The average molecular weight is 395 g/mol. The number of anilines is 1. The average Bonchev–Trinajstić information content (AvgIpc) is 3.05. The molecule has 29 heavy (non-hydrogen) atoms. The highest BCUT2D eigenvalue weighted by Crippen LogP contribution is 2.44. The van der Waals surface area contributed by atoms with E-state index in [9.17, 15) is 4.79 Å². The zero-order valence-corrected chi connectivity index (χ0v) is 17.8. The fourth-order valence-electron chi connectivity index (χ4n) is 4.58. The molecule has 2 aromatic rings. The first-order valence-electron chi connectivity index (χ1n) is 10.5. The van der Waals surface area contributed by atoms with Gasteiger partial charge in [-0.3, -0.25) is 4.79 Å². The van der Waals surface area contributed by atoms with E-state index in [4.69, 9.17) is 9.72 Å². The molecule has 1 amide bonds. The number of hydrogen-bond acceptors (Lipinski definition) is 5. The minimum absolute atomic E-state index is 0.0440. The van der Waals surface area contributed by atoms with Gasteiger partial charge in [-0.25, -0.2) is 9.97 Å². The molecule has 1 unspecified atom stereocenters. The summed E-state index contributed by atoms with van der Waals surface area (Å²) < 4.78 is 5.70. The highest BCUT2D eigenvalue weighted by atomic mass is 16.5. The summed E-state index contributed by atoms with van der Waals surface area (Å²) >= 11 is 0. The summed E-state index contributed by atoms with van der Waals surface area (Å²) in [4.78, 5) is 26.5. The van der Waals surface area contributed by atoms with Gasteiger partial charge in [-0.15, -0.1) is 0 Å². The highest BCUT2D eigenvalue weighted by Gasteiger charge is 2.45. The van der Waals surface area contributed by atoms with Crippen LogP contribution in [0.3, 0.4) is 0 Å². The molecule has 6 heteroatoms. The zero-order chi connectivity index (χ0) is 20.6. The van der Waals surface area contributed by atoms with E-state index in [1.807, 2.05) is 68.2 Å². The van der Waals surface area contributed by atoms with Crippen LogP contribution >= 0.6 is 0 Å². The number of piperidine rings is 1. The van der Waals surface area contributed by atoms with Crippen molar-refractivity contribution in [1.29, 1.82) is 0 Å². The van der Waals surface area contributed by atoms with Gasteiger partial charge < -0.3 is 14.5 Å². The van der Waals surface area contributed by atoms with Crippen LogP contribution in [0.25, 0.3) is 0 Å². The van der Waals surface area contributed by atoms with E-state index < -0.39 is 0 Å². The number of aromatic nitrogens is 2. The minimum Gasteiger partial charge on any atom is -0.491 e. The number of carbonyl (C=O) groups is 1. The van der Waals surface area contributed by atoms with Gasteiger partial charge >= 0.3 is 0 Å². The molecular formula is C23H30N4O2. The Labute approximate surface area is 172 Å². The van der Waals surface area contributed by atoms with Crippen LogP contribution in [-0.2, 0) is 11.8 Å². The van der Waals surface area contributed by atoms with Crippen molar-refractivity contribution >= 4 is 11.9 Å². The molecule has 0 bridgehead atoms. The lowest BCUT2D eigenvalue weighted by atomic mass is 9.77. The minimum atomic E-state index is -0.0440. The Hall–Kier alpha value is -2.63. The number of hydrogen-bond donors (Lipinski definition) is 0. The van der Waals surface area contributed by atoms with Gasteiger partial charge in [0.1, 0.15) is 5.75 Å². The fraction of sp³-hybridized carbons (Fsp3) is 0.522. The molecule has 1 aromatic carbocycles. The predicted molar refractivity (Wildman–Crippen MR) is 114 cm³/mol. The van der Waals surface area contributed by atoms with Gasteiger partial charge in [-0.05, 0) is 69.4 Å². The fourth-order valence-corrected chi connectivity index (χ4v) is 4.58. The molecule has 1 spiro atoms. The van der Waals surface area contributed by atoms with Crippen molar-refractivity contribution in [2.75, 3.05) is 32.1 Å². The van der Waals surface area contributed by atoms with Crippen molar-refractivity contribution in [1.82, 2.24) is 14.9 Å². The lowest BCUT2D eigenvalue weighted by molar-refractivity contribution is 0.0633. The van der Waals surface area contributed by atoms with Gasteiger partial charge in [0.05, 0.1) is 11.8 Å². The number of amides is 1. The Morgan fingerprint density at radius 2 is 1.97 bits per heavy atom. The number of rotatable bonds is 4. The molecule has 0 N–H and O–H groups in total. The normalized spacial score (nSPS) is 20.8. The molecule has 2 heterocycles. The predicted octanol–water partition coefficient (Wildman–Crippen LogP) is 3.45. The van der Waals surface area contributed by atoms with Crippen LogP contribution < -0.4 is 9.64 Å². The molecule has 6 nitrogen and oxygen atoms in total. The van der Waals surface area contributed by atoms with Crippen LogP contribution in [0.4, 0.5) is 5.95 Å². The Morgan fingerprint density at radius 1 is 1.21 bits per heavy atom. The molecule has 0 radical (unpaired) electrons. The summed E-state index contributed by atoms with van der Waals surface area (Å²) in [5, 5.41) is 0. The third kappa shape index (κ3) is 3.80. The molecule has 4 rings (SSSR count). The molecule has 1 atom stereocenters. The van der Waals surface area contributed by atoms with Crippen LogP contribution in [0.15, 0.2) is 30.5 Å². The summed E-state index contributed by atoms with van der Waals surface area (Å²) in [6, 6.07) is 7.51. The Bertz CT molecular complexity index is 890. The van der Waals surface area contributed by atoms with E-state index in [1.165, 1.54) is 5.56 Å². The Morgan fingerprint density at radius 3 is 2.66 bits per heavy atom. The first-order chi connectivity index (χ1) is 13.9. The van der Waals surface area contributed by atoms with Crippen molar-refractivity contribution in [2.45, 2.75) is 51.0 Å². The number of likely N-dealkylation sites (tertiary alicyclic amines) is 1. The van der Waals surface area contributed by atoms with Crippen LogP contribution in [0.5, 0.6) is 5.75 Å². The second kappa shape index (κ2) is 7.65. The lowest BCUT2D eigenvalue weighted by Gasteiger charge is -2.40. The maximum atomic E-state index is 13.2. The molecule has 1 aliphatic heterocycles. The second-order valence-electron chi connectivity index (χ2n) is 8.74. The Balaban J connectivity index is 1.55. The van der Waals surface area contributed by atoms with E-state index in [0.29, 0.717) is 5.56 Å². The second-order valence-corrected chi connectivity index (χ2v) is 8.74. The number of carbonyl (C=O) groups excluding carboxylic acids is 1. The number of ether oxygens (including phenoxy) is 1. The summed E-state index contributed by atoms with van der Waals surface area (Å²) in [6.45, 7) is 5.52. The maximum absolute atomic E-state index is 13.2. The first kappa shape index (κ1) is 19.7. The molecule has 1 aliphatic carbocycles. The van der Waals surface area contributed by atoms with E-state index in [-0.39, 0.29) is 17.4 Å². The number of benzene rings is 1. The number of fused-ring (bicyclic) bond motifs is 2. The molecule has 1 fully saturated rings. The summed E-state index contributed by atoms with van der Waals surface area (Å²) in [5.74, 6) is 1.63. The summed E-state index contributed by atoms with van der Waals surface area (Å²) in [6.07, 6.45) is 6.21. The third-order valence-electron chi connectivity index (χ3n) is 5.96. The van der Waals surface area contributed by atoms with Crippen LogP contribution in [0, 0.1) is 0 Å². The van der Waals surface area contributed by atoms with Gasteiger partial charge in [0, 0.05) is 44.4 Å². The van der Waals surface area contributed by atoms with Gasteiger partial charge in [0.25, 0.3) is 5.91 Å². The van der Waals surface area contributed by atoms with E-state index in [1.54, 1.807) is 0 Å². The van der Waals surface area contributed by atoms with Crippen molar-refractivity contribution in [3.05, 3.63) is 47.3 Å². The molecule has 1 aromatic heterocycles. The monoisotopic (exact) mass is 394 g/mol. The van der Waals surface area contributed by atoms with Gasteiger partial charge in [0.2, 0.25) is 5.95 Å².